The molecule has 0 saturated carbocycles. The Bertz CT molecular complexity index is 402. The van der Waals surface area contributed by atoms with Gasteiger partial charge in [0.15, 0.2) is 5.96 Å². The number of furan rings is 1. The van der Waals surface area contributed by atoms with Crippen molar-refractivity contribution in [2.75, 3.05) is 53.2 Å². The SMILES string of the molecule is CCNC(=NCCCOCc1ccco1)NCCOCCOC.I. The summed E-state index contributed by atoms with van der Waals surface area (Å²) in [6, 6.07) is 3.76. The molecule has 0 aliphatic heterocycles. The molecule has 140 valence electrons. The number of ether oxygens (including phenoxy) is 3. The summed E-state index contributed by atoms with van der Waals surface area (Å²) in [4.78, 5) is 4.49. The lowest BCUT2D eigenvalue weighted by atomic mass is 10.4. The second-order valence-corrected chi connectivity index (χ2v) is 4.78. The molecule has 24 heavy (non-hydrogen) atoms. The van der Waals surface area contributed by atoms with Crippen LogP contribution in [-0.4, -0.2) is 59.1 Å². The van der Waals surface area contributed by atoms with Crippen LogP contribution >= 0.6 is 24.0 Å². The highest BCUT2D eigenvalue weighted by molar-refractivity contribution is 14.0. The van der Waals surface area contributed by atoms with E-state index in [0.717, 1.165) is 24.7 Å². The molecule has 0 amide bonds. The summed E-state index contributed by atoms with van der Waals surface area (Å²) in [5, 5.41) is 6.43. The summed E-state index contributed by atoms with van der Waals surface area (Å²) in [6.07, 6.45) is 2.51. The lowest BCUT2D eigenvalue weighted by Gasteiger charge is -2.11. The summed E-state index contributed by atoms with van der Waals surface area (Å²) in [5.74, 6) is 1.64. The fraction of sp³-hybridized carbons (Fsp3) is 0.688. The summed E-state index contributed by atoms with van der Waals surface area (Å²) in [6.45, 7) is 7.30. The largest absolute Gasteiger partial charge is 0.467 e. The molecular formula is C16H30IN3O4. The van der Waals surface area contributed by atoms with Gasteiger partial charge in [-0.3, -0.25) is 4.99 Å². The summed E-state index contributed by atoms with van der Waals surface area (Å²) in [5.41, 5.74) is 0. The van der Waals surface area contributed by atoms with Crippen LogP contribution in [0.4, 0.5) is 0 Å². The van der Waals surface area contributed by atoms with Crippen molar-refractivity contribution in [2.45, 2.75) is 20.0 Å². The van der Waals surface area contributed by atoms with E-state index in [2.05, 4.69) is 15.6 Å². The van der Waals surface area contributed by atoms with E-state index in [1.54, 1.807) is 13.4 Å². The van der Waals surface area contributed by atoms with Gasteiger partial charge in [-0.15, -0.1) is 24.0 Å². The first-order valence-electron chi connectivity index (χ1n) is 8.05. The van der Waals surface area contributed by atoms with Gasteiger partial charge < -0.3 is 29.3 Å². The molecule has 0 saturated heterocycles. The molecule has 0 bridgehead atoms. The summed E-state index contributed by atoms with van der Waals surface area (Å²) < 4.78 is 21.0. The third-order valence-corrected chi connectivity index (χ3v) is 2.86. The van der Waals surface area contributed by atoms with Gasteiger partial charge in [0.25, 0.3) is 0 Å². The maximum absolute atomic E-state index is 5.52. The van der Waals surface area contributed by atoms with Gasteiger partial charge in [-0.2, -0.15) is 0 Å². The Morgan fingerprint density at radius 1 is 1.17 bits per heavy atom. The van der Waals surface area contributed by atoms with E-state index >= 15 is 0 Å². The van der Waals surface area contributed by atoms with E-state index < -0.39 is 0 Å². The number of hydrogen-bond acceptors (Lipinski definition) is 5. The third kappa shape index (κ3) is 12.6. The van der Waals surface area contributed by atoms with E-state index in [4.69, 9.17) is 18.6 Å². The van der Waals surface area contributed by atoms with Gasteiger partial charge in [-0.1, -0.05) is 0 Å². The van der Waals surface area contributed by atoms with E-state index in [1.807, 2.05) is 19.1 Å². The Hall–Kier alpha value is -0.840. The molecule has 7 nitrogen and oxygen atoms in total. The van der Waals surface area contributed by atoms with Crippen molar-refractivity contribution >= 4 is 29.9 Å². The van der Waals surface area contributed by atoms with Gasteiger partial charge in [-0.25, -0.2) is 0 Å². The van der Waals surface area contributed by atoms with Crippen molar-refractivity contribution in [3.63, 3.8) is 0 Å². The highest BCUT2D eigenvalue weighted by Crippen LogP contribution is 2.01. The van der Waals surface area contributed by atoms with Crippen molar-refractivity contribution in [3.05, 3.63) is 24.2 Å². The third-order valence-electron chi connectivity index (χ3n) is 2.86. The zero-order valence-electron chi connectivity index (χ0n) is 14.6. The minimum atomic E-state index is 0. The zero-order chi connectivity index (χ0) is 16.6. The van der Waals surface area contributed by atoms with Crippen LogP contribution in [0.3, 0.4) is 0 Å². The first-order chi connectivity index (χ1) is 11.4. The van der Waals surface area contributed by atoms with Crippen molar-refractivity contribution < 1.29 is 18.6 Å². The normalized spacial score (nSPS) is 11.2. The molecule has 0 radical (unpaired) electrons. The molecule has 0 aromatic carbocycles. The lowest BCUT2D eigenvalue weighted by Crippen LogP contribution is -2.39. The smallest absolute Gasteiger partial charge is 0.191 e. The standard InChI is InChI=1S/C16H29N3O4.HI/c1-3-17-16(19-8-11-21-13-12-20-2)18-7-5-9-22-14-15-6-4-10-23-15;/h4,6,10H,3,5,7-9,11-14H2,1-2H3,(H2,17,18,19);1H. The highest BCUT2D eigenvalue weighted by Gasteiger charge is 1.98. The van der Waals surface area contributed by atoms with Gasteiger partial charge in [-0.05, 0) is 25.5 Å². The Balaban J connectivity index is 0.00000529. The topological polar surface area (TPSA) is 77.3 Å². The van der Waals surface area contributed by atoms with Gasteiger partial charge in [0.1, 0.15) is 12.4 Å². The zero-order valence-corrected chi connectivity index (χ0v) is 16.9. The lowest BCUT2D eigenvalue weighted by molar-refractivity contribution is 0.0733. The Kier molecular flexibility index (Phi) is 16.4. The molecule has 0 aliphatic carbocycles. The van der Waals surface area contributed by atoms with Crippen molar-refractivity contribution in [3.8, 4) is 0 Å². The molecule has 1 heterocycles. The highest BCUT2D eigenvalue weighted by atomic mass is 127. The van der Waals surface area contributed by atoms with E-state index in [9.17, 15) is 0 Å². The molecule has 0 atom stereocenters. The molecule has 8 heteroatoms. The van der Waals surface area contributed by atoms with Crippen LogP contribution in [0.15, 0.2) is 27.8 Å². The molecule has 0 aliphatic rings. The number of rotatable bonds is 13. The monoisotopic (exact) mass is 455 g/mol. The predicted octanol–water partition coefficient (Wildman–Crippen LogP) is 2.02. The number of guanidine groups is 1. The van der Waals surface area contributed by atoms with Gasteiger partial charge >= 0.3 is 0 Å². The minimum Gasteiger partial charge on any atom is -0.467 e. The van der Waals surface area contributed by atoms with E-state index in [-0.39, 0.29) is 24.0 Å². The molecule has 0 spiro atoms. The average molecular weight is 455 g/mol. The number of aliphatic imine (C=N–C) groups is 1. The average Bonchev–Trinajstić information content (AvgIpc) is 3.07. The first kappa shape index (κ1) is 23.2. The molecule has 0 unspecified atom stereocenters. The van der Waals surface area contributed by atoms with E-state index in [0.29, 0.717) is 46.1 Å². The van der Waals surface area contributed by atoms with Crippen LogP contribution in [0.5, 0.6) is 0 Å². The van der Waals surface area contributed by atoms with Crippen molar-refractivity contribution in [1.29, 1.82) is 0 Å². The molecule has 1 aromatic rings. The fourth-order valence-electron chi connectivity index (χ4n) is 1.75. The first-order valence-corrected chi connectivity index (χ1v) is 8.05. The van der Waals surface area contributed by atoms with Crippen LogP contribution in [0, 0.1) is 0 Å². The molecule has 0 fully saturated rings. The van der Waals surface area contributed by atoms with Crippen molar-refractivity contribution in [2.24, 2.45) is 4.99 Å². The van der Waals surface area contributed by atoms with Crippen LogP contribution in [-0.2, 0) is 20.8 Å². The number of nitrogens with one attached hydrogen (secondary N) is 2. The molecule has 1 aromatic heterocycles. The number of halogens is 1. The maximum Gasteiger partial charge on any atom is 0.191 e. The fourth-order valence-corrected chi connectivity index (χ4v) is 1.75. The molecule has 1 rings (SSSR count). The second kappa shape index (κ2) is 17.0. The van der Waals surface area contributed by atoms with Gasteiger partial charge in [0.05, 0.1) is 26.1 Å². The van der Waals surface area contributed by atoms with Crippen LogP contribution in [0.25, 0.3) is 0 Å². The maximum atomic E-state index is 5.52. The van der Waals surface area contributed by atoms with Gasteiger partial charge in [0, 0.05) is 33.4 Å². The number of methoxy groups -OCH3 is 1. The molecule has 2 N–H and O–H groups in total. The second-order valence-electron chi connectivity index (χ2n) is 4.78. The van der Waals surface area contributed by atoms with Crippen LogP contribution in [0.2, 0.25) is 0 Å². The molecular weight excluding hydrogens is 425 g/mol. The van der Waals surface area contributed by atoms with Crippen LogP contribution < -0.4 is 10.6 Å². The van der Waals surface area contributed by atoms with Crippen molar-refractivity contribution in [1.82, 2.24) is 10.6 Å². The predicted molar refractivity (Wildman–Crippen MR) is 105 cm³/mol. The Labute approximate surface area is 161 Å². The minimum absolute atomic E-state index is 0. The van der Waals surface area contributed by atoms with Gasteiger partial charge in [0.2, 0.25) is 0 Å². The number of hydrogen-bond donors (Lipinski definition) is 2. The Morgan fingerprint density at radius 2 is 2.04 bits per heavy atom. The van der Waals surface area contributed by atoms with E-state index in [1.165, 1.54) is 0 Å². The van der Waals surface area contributed by atoms with Crippen LogP contribution in [0.1, 0.15) is 19.1 Å². The quantitative estimate of drug-likeness (QED) is 0.205. The Morgan fingerprint density at radius 3 is 2.75 bits per heavy atom. The summed E-state index contributed by atoms with van der Waals surface area (Å²) in [7, 11) is 1.66. The summed E-state index contributed by atoms with van der Waals surface area (Å²) >= 11 is 0. The number of nitrogens with zero attached hydrogens (tertiary/aromatic N) is 1.